The molecule has 10 nitrogen and oxygen atoms in total. The van der Waals surface area contributed by atoms with Crippen molar-refractivity contribution >= 4 is 40.7 Å². The van der Waals surface area contributed by atoms with Crippen molar-refractivity contribution in [1.29, 1.82) is 0 Å². The molecule has 2 amide bonds. The minimum atomic E-state index is -0.509. The second-order valence-electron chi connectivity index (χ2n) is 7.03. The van der Waals surface area contributed by atoms with Gasteiger partial charge >= 0.3 is 0 Å². The molecule has 34 heavy (non-hydrogen) atoms. The van der Waals surface area contributed by atoms with Gasteiger partial charge in [0.25, 0.3) is 11.8 Å². The predicted octanol–water partition coefficient (Wildman–Crippen LogP) is 4.22. The Kier molecular flexibility index (Phi) is 7.19. The molecule has 0 aliphatic carbocycles. The maximum absolute atomic E-state index is 12.8. The van der Waals surface area contributed by atoms with Gasteiger partial charge in [-0.3, -0.25) is 14.3 Å². The first-order valence-electron chi connectivity index (χ1n) is 10.2. The minimum Gasteiger partial charge on any atom is -0.468 e. The van der Waals surface area contributed by atoms with Crippen molar-refractivity contribution in [3.63, 3.8) is 0 Å². The standard InChI is InChI=1S/C22H20Cl2N6O4/c1-2-29-12-18(19(28-29)22(32)25-11-14-5-4-10-33-14)26-21(31)17-8-9-30(27-17)13-34-20-15(23)6-3-7-16(20)24/h3-10,12H,2,11,13H2,1H3,(H,25,32)(H,26,31). The Labute approximate surface area is 204 Å². The number of hydrogen-bond acceptors (Lipinski definition) is 6. The molecule has 0 saturated carbocycles. The lowest BCUT2D eigenvalue weighted by molar-refractivity contribution is 0.0943. The van der Waals surface area contributed by atoms with Gasteiger partial charge in [0, 0.05) is 18.9 Å². The van der Waals surface area contributed by atoms with Gasteiger partial charge in [-0.1, -0.05) is 29.3 Å². The predicted molar refractivity (Wildman–Crippen MR) is 125 cm³/mol. The average molecular weight is 503 g/mol. The van der Waals surface area contributed by atoms with E-state index in [2.05, 4.69) is 20.8 Å². The number of aryl methyl sites for hydroxylation is 1. The van der Waals surface area contributed by atoms with Crippen LogP contribution in [0.1, 0.15) is 33.7 Å². The lowest BCUT2D eigenvalue weighted by Gasteiger charge is -2.09. The van der Waals surface area contributed by atoms with Crippen LogP contribution in [0.3, 0.4) is 0 Å². The molecule has 12 heteroatoms. The number of amides is 2. The third kappa shape index (κ3) is 5.41. The van der Waals surface area contributed by atoms with Crippen molar-refractivity contribution in [2.24, 2.45) is 0 Å². The SMILES string of the molecule is CCn1cc(NC(=O)c2ccn(COc3c(Cl)cccc3Cl)n2)c(C(=O)NCc2ccco2)n1. The highest BCUT2D eigenvalue weighted by atomic mass is 35.5. The number of carbonyl (C=O) groups excluding carboxylic acids is 2. The van der Waals surface area contributed by atoms with E-state index in [0.717, 1.165) is 0 Å². The molecule has 0 saturated heterocycles. The molecule has 0 aliphatic rings. The zero-order chi connectivity index (χ0) is 24.1. The maximum Gasteiger partial charge on any atom is 0.276 e. The fraction of sp³-hybridized carbons (Fsp3) is 0.182. The Morgan fingerprint density at radius 1 is 1.06 bits per heavy atom. The molecule has 176 valence electrons. The number of hydrogen-bond donors (Lipinski definition) is 2. The van der Waals surface area contributed by atoms with E-state index in [9.17, 15) is 9.59 Å². The number of anilines is 1. The molecule has 3 aromatic heterocycles. The van der Waals surface area contributed by atoms with Crippen molar-refractivity contribution in [2.75, 3.05) is 5.32 Å². The maximum atomic E-state index is 12.8. The van der Waals surface area contributed by atoms with Crippen molar-refractivity contribution in [3.05, 3.63) is 82.2 Å². The summed E-state index contributed by atoms with van der Waals surface area (Å²) >= 11 is 12.2. The number of benzene rings is 1. The van der Waals surface area contributed by atoms with Crippen molar-refractivity contribution < 1.29 is 18.7 Å². The Bertz CT molecular complexity index is 1280. The van der Waals surface area contributed by atoms with Crippen LogP contribution in [0.4, 0.5) is 5.69 Å². The molecule has 0 bridgehead atoms. The summed E-state index contributed by atoms with van der Waals surface area (Å²) in [6.07, 6.45) is 4.68. The largest absolute Gasteiger partial charge is 0.468 e. The van der Waals surface area contributed by atoms with Gasteiger partial charge in [-0.05, 0) is 37.3 Å². The van der Waals surface area contributed by atoms with Crippen molar-refractivity contribution in [1.82, 2.24) is 24.9 Å². The van der Waals surface area contributed by atoms with Crippen LogP contribution in [0.25, 0.3) is 0 Å². The Morgan fingerprint density at radius 3 is 2.56 bits per heavy atom. The van der Waals surface area contributed by atoms with Crippen LogP contribution >= 0.6 is 23.2 Å². The van der Waals surface area contributed by atoms with Gasteiger partial charge in [0.1, 0.15) is 5.76 Å². The van der Waals surface area contributed by atoms with Gasteiger partial charge < -0.3 is 19.8 Å². The number of nitrogens with one attached hydrogen (secondary N) is 2. The first-order valence-corrected chi connectivity index (χ1v) is 11.0. The molecule has 0 unspecified atom stereocenters. The summed E-state index contributed by atoms with van der Waals surface area (Å²) in [5, 5.41) is 14.6. The van der Waals surface area contributed by atoms with Crippen LogP contribution in [0.15, 0.2) is 59.5 Å². The van der Waals surface area contributed by atoms with E-state index in [-0.39, 0.29) is 30.4 Å². The molecular weight excluding hydrogens is 483 g/mol. The second kappa shape index (κ2) is 10.4. The second-order valence-corrected chi connectivity index (χ2v) is 7.84. The number of para-hydroxylation sites is 1. The summed E-state index contributed by atoms with van der Waals surface area (Å²) in [7, 11) is 0. The van der Waals surface area contributed by atoms with Gasteiger partial charge in [0.15, 0.2) is 23.9 Å². The zero-order valence-electron chi connectivity index (χ0n) is 18.0. The number of ether oxygens (including phenoxy) is 1. The number of rotatable bonds is 9. The van der Waals surface area contributed by atoms with E-state index in [1.54, 1.807) is 47.4 Å². The van der Waals surface area contributed by atoms with E-state index >= 15 is 0 Å². The Hall–Kier alpha value is -3.76. The zero-order valence-corrected chi connectivity index (χ0v) is 19.5. The molecule has 2 N–H and O–H groups in total. The Morgan fingerprint density at radius 2 is 1.85 bits per heavy atom. The van der Waals surface area contributed by atoms with Crippen LogP contribution < -0.4 is 15.4 Å². The first-order chi connectivity index (χ1) is 16.4. The topological polar surface area (TPSA) is 116 Å². The monoisotopic (exact) mass is 502 g/mol. The van der Waals surface area contributed by atoms with Crippen LogP contribution in [-0.4, -0.2) is 31.4 Å². The molecule has 0 fully saturated rings. The summed E-state index contributed by atoms with van der Waals surface area (Å²) in [6, 6.07) is 10.0. The quantitative estimate of drug-likeness (QED) is 0.354. The van der Waals surface area contributed by atoms with Gasteiger partial charge in [-0.15, -0.1) is 0 Å². The van der Waals surface area contributed by atoms with E-state index in [1.165, 1.54) is 17.0 Å². The molecule has 4 aromatic rings. The molecule has 1 aromatic carbocycles. The summed E-state index contributed by atoms with van der Waals surface area (Å²) in [5.41, 5.74) is 0.468. The van der Waals surface area contributed by atoms with E-state index in [0.29, 0.717) is 28.1 Å². The summed E-state index contributed by atoms with van der Waals surface area (Å²) < 4.78 is 13.8. The number of halogens is 2. The lowest BCUT2D eigenvalue weighted by atomic mass is 10.3. The van der Waals surface area contributed by atoms with Crippen molar-refractivity contribution in [3.8, 4) is 5.75 Å². The van der Waals surface area contributed by atoms with Gasteiger partial charge in [0.05, 0.1) is 28.5 Å². The normalized spacial score (nSPS) is 10.8. The molecule has 0 aliphatic heterocycles. The Balaban J connectivity index is 1.42. The van der Waals surface area contributed by atoms with Crippen LogP contribution in [-0.2, 0) is 19.8 Å². The fourth-order valence-corrected chi connectivity index (χ4v) is 3.51. The molecule has 0 atom stereocenters. The fourth-order valence-electron chi connectivity index (χ4n) is 3.00. The third-order valence-electron chi connectivity index (χ3n) is 4.69. The van der Waals surface area contributed by atoms with E-state index in [4.69, 9.17) is 32.4 Å². The summed E-state index contributed by atoms with van der Waals surface area (Å²) in [6.45, 7) is 2.57. The van der Waals surface area contributed by atoms with Gasteiger partial charge in [-0.2, -0.15) is 10.2 Å². The highest BCUT2D eigenvalue weighted by Gasteiger charge is 2.20. The van der Waals surface area contributed by atoms with Crippen LogP contribution in [0.5, 0.6) is 5.75 Å². The summed E-state index contributed by atoms with van der Waals surface area (Å²) in [5.74, 6) is -0.0380. The molecule has 4 rings (SSSR count). The summed E-state index contributed by atoms with van der Waals surface area (Å²) in [4.78, 5) is 25.4. The van der Waals surface area contributed by atoms with Crippen LogP contribution in [0, 0.1) is 0 Å². The van der Waals surface area contributed by atoms with Gasteiger partial charge in [0.2, 0.25) is 0 Å². The smallest absolute Gasteiger partial charge is 0.276 e. The lowest BCUT2D eigenvalue weighted by Crippen LogP contribution is -2.25. The molecule has 3 heterocycles. The average Bonchev–Trinajstić information content (AvgIpc) is 3.58. The number of carbonyl (C=O) groups is 2. The molecule has 0 radical (unpaired) electrons. The highest BCUT2D eigenvalue weighted by Crippen LogP contribution is 2.32. The molecule has 0 spiro atoms. The van der Waals surface area contributed by atoms with Crippen molar-refractivity contribution in [2.45, 2.75) is 26.7 Å². The molecular formula is C22H20Cl2N6O4. The third-order valence-corrected chi connectivity index (χ3v) is 5.28. The van der Waals surface area contributed by atoms with Crippen LogP contribution in [0.2, 0.25) is 10.0 Å². The number of furan rings is 1. The number of aromatic nitrogens is 4. The highest BCUT2D eigenvalue weighted by molar-refractivity contribution is 6.37. The minimum absolute atomic E-state index is 0.00899. The first kappa shape index (κ1) is 23.4. The van der Waals surface area contributed by atoms with Gasteiger partial charge in [-0.25, -0.2) is 4.68 Å². The van der Waals surface area contributed by atoms with E-state index in [1.807, 2.05) is 6.92 Å². The number of nitrogens with zero attached hydrogens (tertiary/aromatic N) is 4. The van der Waals surface area contributed by atoms with E-state index < -0.39 is 11.8 Å².